The summed E-state index contributed by atoms with van der Waals surface area (Å²) >= 11 is 0.582. The van der Waals surface area contributed by atoms with E-state index < -0.39 is 49.4 Å². The van der Waals surface area contributed by atoms with Gasteiger partial charge in [0.25, 0.3) is 0 Å². The zero-order valence-corrected chi connectivity index (χ0v) is 13.8. The summed E-state index contributed by atoms with van der Waals surface area (Å²) in [7, 11) is -3.96. The summed E-state index contributed by atoms with van der Waals surface area (Å²) in [6.07, 6.45) is -0.230. The minimum absolute atomic E-state index is 0.0154. The van der Waals surface area contributed by atoms with E-state index in [1.807, 2.05) is 0 Å². The van der Waals surface area contributed by atoms with Gasteiger partial charge in [0.1, 0.15) is 15.8 Å². The number of rotatable bonds is 2. The largest absolute Gasteiger partial charge is 0.310 e. The first kappa shape index (κ1) is 17.1. The van der Waals surface area contributed by atoms with Gasteiger partial charge in [-0.15, -0.1) is 11.3 Å². The van der Waals surface area contributed by atoms with Crippen molar-refractivity contribution >= 4 is 27.0 Å². The molecule has 0 aliphatic heterocycles. The minimum atomic E-state index is -3.96. The molecule has 1 aliphatic carbocycles. The number of thiophene rings is 1. The molecule has 0 atom stereocenters. The molecule has 3 nitrogen and oxygen atoms in total. The van der Waals surface area contributed by atoms with Crippen LogP contribution in [0.2, 0.25) is 0 Å². The maximum absolute atomic E-state index is 13.7. The lowest BCUT2D eigenvalue weighted by Gasteiger charge is -2.21. The first-order valence-electron chi connectivity index (χ1n) is 6.75. The van der Waals surface area contributed by atoms with Gasteiger partial charge in [0.15, 0.2) is 9.84 Å². The number of sulfone groups is 1. The van der Waals surface area contributed by atoms with Gasteiger partial charge >= 0.3 is 5.92 Å². The minimum Gasteiger partial charge on any atom is -0.287 e. The average Bonchev–Trinajstić information content (AvgIpc) is 2.82. The topological polar surface area (TPSA) is 51.2 Å². The molecule has 0 unspecified atom stereocenters. The quantitative estimate of drug-likeness (QED) is 0.746. The molecule has 1 aromatic carbocycles. The summed E-state index contributed by atoms with van der Waals surface area (Å²) in [5.41, 5.74) is -0.443. The summed E-state index contributed by atoms with van der Waals surface area (Å²) in [5, 5.41) is 0. The predicted molar refractivity (Wildman–Crippen MR) is 80.4 cm³/mol. The first-order valence-corrected chi connectivity index (χ1v) is 9.46. The van der Waals surface area contributed by atoms with Gasteiger partial charge < -0.3 is 0 Å². The average molecular weight is 378 g/mol. The van der Waals surface area contributed by atoms with Crippen LogP contribution in [0.15, 0.2) is 22.4 Å². The number of fused-ring (bicyclic) bond motifs is 1. The van der Waals surface area contributed by atoms with Crippen LogP contribution >= 0.6 is 11.3 Å². The molecule has 2 aromatic rings. The number of ketones is 1. The van der Waals surface area contributed by atoms with Crippen LogP contribution in [0.25, 0.3) is 10.4 Å². The zero-order chi connectivity index (χ0) is 17.9. The van der Waals surface area contributed by atoms with E-state index in [4.69, 9.17) is 0 Å². The Labute approximate surface area is 138 Å². The number of hydrogen-bond donors (Lipinski definition) is 0. The summed E-state index contributed by atoms with van der Waals surface area (Å²) in [5.74, 6) is -7.00. The van der Waals surface area contributed by atoms with Gasteiger partial charge in [-0.3, -0.25) is 4.79 Å². The summed E-state index contributed by atoms with van der Waals surface area (Å²) < 4.78 is 77.7. The third-order valence-corrected chi connectivity index (χ3v) is 6.80. The molecule has 128 valence electrons. The van der Waals surface area contributed by atoms with Crippen molar-refractivity contribution < 1.29 is 30.8 Å². The molecule has 0 amide bonds. The maximum atomic E-state index is 13.7. The normalized spacial score (nSPS) is 17.0. The van der Waals surface area contributed by atoms with Gasteiger partial charge in [-0.1, -0.05) is 0 Å². The molecular formula is C15H10F4O3S2. The number of hydrogen-bond acceptors (Lipinski definition) is 4. The van der Waals surface area contributed by atoms with Crippen LogP contribution in [0.4, 0.5) is 17.6 Å². The molecular weight excluding hydrogens is 368 g/mol. The Morgan fingerprint density at radius 1 is 1.12 bits per heavy atom. The summed E-state index contributed by atoms with van der Waals surface area (Å²) in [6, 6.07) is 2.58. The fourth-order valence-corrected chi connectivity index (χ4v) is 5.18. The van der Waals surface area contributed by atoms with Crippen molar-refractivity contribution in [2.75, 3.05) is 6.26 Å². The SMILES string of the molecule is CS(=O)(=O)c1sc(-c2cc(F)cc(F)c2)c2c1C(=O)C(F)(F)CC2. The summed E-state index contributed by atoms with van der Waals surface area (Å²) in [4.78, 5) is 12.1. The highest BCUT2D eigenvalue weighted by atomic mass is 32.2. The fourth-order valence-electron chi connectivity index (χ4n) is 2.67. The highest BCUT2D eigenvalue weighted by molar-refractivity contribution is 7.93. The van der Waals surface area contributed by atoms with E-state index in [0.717, 1.165) is 18.4 Å². The number of benzene rings is 1. The molecule has 9 heteroatoms. The fraction of sp³-hybridized carbons (Fsp3) is 0.267. The number of alkyl halides is 2. The third-order valence-electron chi connectivity index (χ3n) is 3.68. The second-order valence-electron chi connectivity index (χ2n) is 5.54. The monoisotopic (exact) mass is 378 g/mol. The van der Waals surface area contributed by atoms with Gasteiger partial charge in [-0.2, -0.15) is 8.78 Å². The van der Waals surface area contributed by atoms with Crippen molar-refractivity contribution in [1.29, 1.82) is 0 Å². The highest BCUT2D eigenvalue weighted by Gasteiger charge is 2.47. The molecule has 0 radical (unpaired) electrons. The maximum Gasteiger partial charge on any atom is 0.310 e. The van der Waals surface area contributed by atoms with Crippen molar-refractivity contribution in [2.24, 2.45) is 0 Å². The Morgan fingerprint density at radius 3 is 2.25 bits per heavy atom. The van der Waals surface area contributed by atoms with Crippen molar-refractivity contribution in [1.82, 2.24) is 0 Å². The highest BCUT2D eigenvalue weighted by Crippen LogP contribution is 2.46. The van der Waals surface area contributed by atoms with Gasteiger partial charge in [0, 0.05) is 23.6 Å². The third kappa shape index (κ3) is 2.75. The molecule has 0 spiro atoms. The van der Waals surface area contributed by atoms with Gasteiger partial charge in [0.2, 0.25) is 5.78 Å². The van der Waals surface area contributed by atoms with E-state index in [1.165, 1.54) is 0 Å². The molecule has 24 heavy (non-hydrogen) atoms. The van der Waals surface area contributed by atoms with Crippen LogP contribution in [-0.2, 0) is 16.3 Å². The van der Waals surface area contributed by atoms with E-state index in [9.17, 15) is 30.8 Å². The zero-order valence-electron chi connectivity index (χ0n) is 12.2. The standard InChI is InChI=1S/C15H10F4O3S2/c1-24(21,22)14-11-10(2-3-15(18,19)13(11)20)12(23-14)7-4-8(16)6-9(17)5-7/h4-6H,2-3H2,1H3. The Kier molecular flexibility index (Phi) is 3.83. The van der Waals surface area contributed by atoms with Crippen LogP contribution in [0.5, 0.6) is 0 Å². The lowest BCUT2D eigenvalue weighted by Crippen LogP contribution is -2.34. The lowest BCUT2D eigenvalue weighted by molar-refractivity contribution is 0.00184. The molecule has 1 aromatic heterocycles. The van der Waals surface area contributed by atoms with Crippen molar-refractivity contribution in [3.05, 3.63) is 41.0 Å². The van der Waals surface area contributed by atoms with Crippen LogP contribution in [-0.4, -0.2) is 26.4 Å². The van der Waals surface area contributed by atoms with Crippen LogP contribution in [0.3, 0.4) is 0 Å². The predicted octanol–water partition coefficient (Wildman–Crippen LogP) is 3.86. The van der Waals surface area contributed by atoms with Gasteiger partial charge in [-0.25, -0.2) is 17.2 Å². The number of Topliss-reactive ketones (excluding diaryl/α,β-unsaturated/α-hetero) is 1. The first-order chi connectivity index (χ1) is 11.0. The molecule has 1 aliphatic rings. The number of carbonyl (C=O) groups is 1. The lowest BCUT2D eigenvalue weighted by atomic mass is 9.88. The number of halogens is 4. The van der Waals surface area contributed by atoms with E-state index in [2.05, 4.69) is 0 Å². The molecule has 3 rings (SSSR count). The summed E-state index contributed by atoms with van der Waals surface area (Å²) in [6.45, 7) is 0. The van der Waals surface area contributed by atoms with Gasteiger partial charge in [0.05, 0.1) is 5.56 Å². The van der Waals surface area contributed by atoms with E-state index in [-0.39, 0.29) is 22.4 Å². The van der Waals surface area contributed by atoms with E-state index in [1.54, 1.807) is 0 Å². The van der Waals surface area contributed by atoms with Crippen molar-refractivity contribution in [3.8, 4) is 10.4 Å². The Hall–Kier alpha value is -1.74. The second kappa shape index (κ2) is 5.38. The Balaban J connectivity index is 2.33. The van der Waals surface area contributed by atoms with Gasteiger partial charge in [-0.05, 0) is 29.7 Å². The van der Waals surface area contributed by atoms with Crippen LogP contribution < -0.4 is 0 Å². The molecule has 0 N–H and O–H groups in total. The Morgan fingerprint density at radius 2 is 1.71 bits per heavy atom. The van der Waals surface area contributed by atoms with Crippen LogP contribution in [0, 0.1) is 11.6 Å². The molecule has 0 fully saturated rings. The molecule has 0 bridgehead atoms. The van der Waals surface area contributed by atoms with E-state index >= 15 is 0 Å². The second-order valence-corrected chi connectivity index (χ2v) is 8.77. The molecule has 1 heterocycles. The van der Waals surface area contributed by atoms with Crippen molar-refractivity contribution in [3.63, 3.8) is 0 Å². The number of carbonyl (C=O) groups excluding carboxylic acids is 1. The van der Waals surface area contributed by atoms with E-state index in [0.29, 0.717) is 17.4 Å². The van der Waals surface area contributed by atoms with Crippen LogP contribution in [0.1, 0.15) is 22.3 Å². The molecule has 0 saturated heterocycles. The molecule has 0 saturated carbocycles. The van der Waals surface area contributed by atoms with Crippen molar-refractivity contribution in [2.45, 2.75) is 23.0 Å². The smallest absolute Gasteiger partial charge is 0.287 e. The Bertz CT molecular complexity index is 941.